The normalized spacial score (nSPS) is 27.9. The number of fused-ring (bicyclic) bond motifs is 3. The minimum atomic E-state index is -0.134. The van der Waals surface area contributed by atoms with Crippen molar-refractivity contribution in [1.82, 2.24) is 0 Å². The first kappa shape index (κ1) is 17.6. The van der Waals surface area contributed by atoms with Crippen LogP contribution < -0.4 is 4.74 Å². The maximum Gasteiger partial charge on any atom is 0.127 e. The summed E-state index contributed by atoms with van der Waals surface area (Å²) in [6.07, 6.45) is 9.70. The van der Waals surface area contributed by atoms with E-state index in [1.165, 1.54) is 50.5 Å². The number of ether oxygens (including phenoxy) is 1. The molecule has 0 saturated heterocycles. The fraction of sp³-hybridized carbons (Fsp3) is 0.727. The second kappa shape index (κ2) is 6.98. The highest BCUT2D eigenvalue weighted by Gasteiger charge is 2.47. The van der Waals surface area contributed by atoms with Crippen LogP contribution in [-0.4, -0.2) is 10.7 Å². The van der Waals surface area contributed by atoms with Gasteiger partial charge in [0.25, 0.3) is 0 Å². The molecule has 134 valence electrons. The van der Waals surface area contributed by atoms with Gasteiger partial charge in [-0.3, -0.25) is 0 Å². The molecule has 0 radical (unpaired) electrons. The molecule has 2 heteroatoms. The summed E-state index contributed by atoms with van der Waals surface area (Å²) in [7, 11) is 0. The lowest BCUT2D eigenvalue weighted by molar-refractivity contribution is -0.0145. The van der Waals surface area contributed by atoms with Crippen LogP contribution in [0.1, 0.15) is 89.7 Å². The van der Waals surface area contributed by atoms with Gasteiger partial charge in [0.05, 0.1) is 0 Å². The van der Waals surface area contributed by atoms with Crippen molar-refractivity contribution in [3.05, 3.63) is 23.3 Å². The van der Waals surface area contributed by atoms with Crippen LogP contribution in [0.25, 0.3) is 0 Å². The van der Waals surface area contributed by atoms with E-state index in [1.807, 2.05) is 6.07 Å². The van der Waals surface area contributed by atoms with E-state index in [0.29, 0.717) is 17.6 Å². The molecule has 2 aliphatic rings. The Morgan fingerprint density at radius 1 is 1.17 bits per heavy atom. The number of benzene rings is 1. The van der Waals surface area contributed by atoms with Crippen LogP contribution in [0.4, 0.5) is 0 Å². The Morgan fingerprint density at radius 3 is 2.71 bits per heavy atom. The van der Waals surface area contributed by atoms with Crippen LogP contribution in [-0.2, 0) is 6.42 Å². The zero-order valence-corrected chi connectivity index (χ0v) is 15.9. The number of phenols is 1. The molecule has 1 N–H and O–H groups in total. The molecule has 1 aromatic rings. The molecule has 0 aromatic heterocycles. The van der Waals surface area contributed by atoms with Crippen molar-refractivity contribution < 1.29 is 9.84 Å². The summed E-state index contributed by atoms with van der Waals surface area (Å²) in [4.78, 5) is 0. The number of rotatable bonds is 5. The quantitative estimate of drug-likeness (QED) is 0.651. The van der Waals surface area contributed by atoms with Gasteiger partial charge < -0.3 is 9.84 Å². The number of unbranched alkanes of at least 4 members (excludes halogenated alkanes) is 3. The van der Waals surface area contributed by atoms with Crippen molar-refractivity contribution in [2.45, 2.75) is 90.6 Å². The summed E-state index contributed by atoms with van der Waals surface area (Å²) >= 11 is 0. The number of aromatic hydroxyl groups is 1. The molecule has 0 amide bonds. The first-order valence-electron chi connectivity index (χ1n) is 9.97. The zero-order valence-electron chi connectivity index (χ0n) is 15.9. The standard InChI is InChI=1S/C22H34O2/c1-5-6-7-8-9-16-13-19(23)21-17-12-15(2)10-11-18(17)22(3,4)24-20(21)14-16/h13-15,17-18,23H,5-12H2,1-4H3/t15-,17-,18-/m1/s1. The molecule has 1 aliphatic heterocycles. The summed E-state index contributed by atoms with van der Waals surface area (Å²) in [6, 6.07) is 4.21. The predicted molar refractivity (Wildman–Crippen MR) is 99.9 cm³/mol. The summed E-state index contributed by atoms with van der Waals surface area (Å²) in [6.45, 7) is 9.04. The third-order valence-electron chi connectivity index (χ3n) is 6.25. The van der Waals surface area contributed by atoms with E-state index in [9.17, 15) is 5.11 Å². The highest BCUT2D eigenvalue weighted by Crippen LogP contribution is 2.55. The molecule has 0 unspecified atom stereocenters. The summed E-state index contributed by atoms with van der Waals surface area (Å²) < 4.78 is 6.41. The Morgan fingerprint density at radius 2 is 1.96 bits per heavy atom. The van der Waals surface area contributed by atoms with Crippen LogP contribution in [0.15, 0.2) is 12.1 Å². The maximum absolute atomic E-state index is 10.8. The van der Waals surface area contributed by atoms with E-state index in [4.69, 9.17) is 4.74 Å². The molecule has 3 rings (SSSR count). The lowest BCUT2D eigenvalue weighted by Crippen LogP contribution is -2.46. The molecule has 0 spiro atoms. The molecule has 1 aromatic carbocycles. The van der Waals surface area contributed by atoms with Gasteiger partial charge in [-0.15, -0.1) is 0 Å². The van der Waals surface area contributed by atoms with Crippen LogP contribution in [0, 0.1) is 11.8 Å². The molecule has 24 heavy (non-hydrogen) atoms. The Kier molecular flexibility index (Phi) is 5.13. The summed E-state index contributed by atoms with van der Waals surface area (Å²) in [5.74, 6) is 3.11. The number of hydrogen-bond donors (Lipinski definition) is 1. The highest BCUT2D eigenvalue weighted by molar-refractivity contribution is 5.52. The Bertz CT molecular complexity index is 576. The van der Waals surface area contributed by atoms with Gasteiger partial charge in [0.15, 0.2) is 0 Å². The predicted octanol–water partition coefficient (Wildman–Crippen LogP) is 6.21. The van der Waals surface area contributed by atoms with Gasteiger partial charge in [-0.05, 0) is 69.1 Å². The molecule has 1 heterocycles. The summed E-state index contributed by atoms with van der Waals surface area (Å²) in [5, 5.41) is 10.8. The molecule has 3 atom stereocenters. The largest absolute Gasteiger partial charge is 0.508 e. The van der Waals surface area contributed by atoms with Gasteiger partial charge in [0.2, 0.25) is 0 Å². The maximum atomic E-state index is 10.8. The van der Waals surface area contributed by atoms with Gasteiger partial charge in [0, 0.05) is 11.5 Å². The smallest absolute Gasteiger partial charge is 0.127 e. The molecular formula is C22H34O2. The first-order valence-corrected chi connectivity index (χ1v) is 9.97. The lowest BCUT2D eigenvalue weighted by atomic mass is 9.64. The van der Waals surface area contributed by atoms with Crippen LogP contribution in [0.2, 0.25) is 0 Å². The van der Waals surface area contributed by atoms with Crippen molar-refractivity contribution in [2.75, 3.05) is 0 Å². The van der Waals surface area contributed by atoms with E-state index < -0.39 is 0 Å². The molecule has 1 saturated carbocycles. The second-order valence-electron chi connectivity index (χ2n) is 8.67. The lowest BCUT2D eigenvalue weighted by Gasteiger charge is -2.48. The van der Waals surface area contributed by atoms with Crippen LogP contribution >= 0.6 is 0 Å². The van der Waals surface area contributed by atoms with Gasteiger partial charge in [-0.2, -0.15) is 0 Å². The second-order valence-corrected chi connectivity index (χ2v) is 8.67. The fourth-order valence-electron chi connectivity index (χ4n) is 4.92. The van der Waals surface area contributed by atoms with E-state index in [1.54, 1.807) is 0 Å². The van der Waals surface area contributed by atoms with E-state index in [0.717, 1.165) is 23.7 Å². The van der Waals surface area contributed by atoms with Crippen molar-refractivity contribution in [3.8, 4) is 11.5 Å². The van der Waals surface area contributed by atoms with Crippen LogP contribution in [0.5, 0.6) is 11.5 Å². The minimum Gasteiger partial charge on any atom is -0.508 e. The average Bonchev–Trinajstić information content (AvgIpc) is 2.50. The zero-order chi connectivity index (χ0) is 17.3. The van der Waals surface area contributed by atoms with Crippen molar-refractivity contribution in [2.24, 2.45) is 11.8 Å². The fourth-order valence-corrected chi connectivity index (χ4v) is 4.92. The van der Waals surface area contributed by atoms with Crippen molar-refractivity contribution in [3.63, 3.8) is 0 Å². The third-order valence-corrected chi connectivity index (χ3v) is 6.25. The molecule has 1 aliphatic carbocycles. The highest BCUT2D eigenvalue weighted by atomic mass is 16.5. The monoisotopic (exact) mass is 330 g/mol. The molecular weight excluding hydrogens is 296 g/mol. The van der Waals surface area contributed by atoms with E-state index in [2.05, 4.69) is 33.8 Å². The molecule has 0 bridgehead atoms. The SMILES string of the molecule is CCCCCCc1cc(O)c2c(c1)OC(C)(C)[C@@H]1CC[C@@H](C)C[C@@H]21. The Hall–Kier alpha value is -1.18. The molecule has 1 fully saturated rings. The first-order chi connectivity index (χ1) is 11.4. The van der Waals surface area contributed by atoms with E-state index in [-0.39, 0.29) is 5.60 Å². The number of aryl methyl sites for hydroxylation is 1. The van der Waals surface area contributed by atoms with Crippen molar-refractivity contribution >= 4 is 0 Å². The molecule has 2 nitrogen and oxygen atoms in total. The third kappa shape index (κ3) is 3.43. The average molecular weight is 331 g/mol. The van der Waals surface area contributed by atoms with Crippen LogP contribution in [0.3, 0.4) is 0 Å². The van der Waals surface area contributed by atoms with Crippen molar-refractivity contribution in [1.29, 1.82) is 0 Å². The van der Waals surface area contributed by atoms with E-state index >= 15 is 0 Å². The minimum absolute atomic E-state index is 0.134. The Labute approximate surface area is 147 Å². The van der Waals surface area contributed by atoms with Gasteiger partial charge in [0.1, 0.15) is 17.1 Å². The van der Waals surface area contributed by atoms with Gasteiger partial charge in [-0.1, -0.05) is 39.5 Å². The van der Waals surface area contributed by atoms with Gasteiger partial charge in [-0.25, -0.2) is 0 Å². The number of hydrogen-bond acceptors (Lipinski definition) is 2. The topological polar surface area (TPSA) is 29.5 Å². The summed E-state index contributed by atoms with van der Waals surface area (Å²) in [5.41, 5.74) is 2.18. The number of phenolic OH excluding ortho intramolecular Hbond substituents is 1. The van der Waals surface area contributed by atoms with Gasteiger partial charge >= 0.3 is 0 Å². The Balaban J connectivity index is 1.87.